The van der Waals surface area contributed by atoms with Gasteiger partial charge in [-0.05, 0) is 60.7 Å². The van der Waals surface area contributed by atoms with E-state index in [4.69, 9.17) is 0 Å². The van der Waals surface area contributed by atoms with Crippen LogP contribution in [0.15, 0.2) is 89.8 Å². The molecule has 1 aliphatic heterocycles. The van der Waals surface area contributed by atoms with Crippen LogP contribution in [0.2, 0.25) is 0 Å². The van der Waals surface area contributed by atoms with Gasteiger partial charge in [-0.2, -0.15) is 0 Å². The van der Waals surface area contributed by atoms with Crippen molar-refractivity contribution in [1.82, 2.24) is 0 Å². The molecule has 3 aromatic carbocycles. The Balaban J connectivity index is 1.49. The molecule has 2 aliphatic rings. The number of sulfonamides is 1. The van der Waals surface area contributed by atoms with Gasteiger partial charge in [0.2, 0.25) is 0 Å². The van der Waals surface area contributed by atoms with Gasteiger partial charge < -0.3 is 5.32 Å². The Morgan fingerprint density at radius 1 is 0.967 bits per heavy atom. The quantitative estimate of drug-likeness (QED) is 0.543. The van der Waals surface area contributed by atoms with Gasteiger partial charge in [0.15, 0.2) is 0 Å². The highest BCUT2D eigenvalue weighted by atomic mass is 32.2. The first-order valence-corrected chi connectivity index (χ1v) is 11.7. The lowest BCUT2D eigenvalue weighted by Crippen LogP contribution is -2.29. The molecule has 152 valence electrons. The number of hydrogen-bond acceptors (Lipinski definition) is 3. The Hall–Kier alpha value is -3.05. The second-order valence-electron chi connectivity index (χ2n) is 8.11. The molecule has 0 amide bonds. The minimum atomic E-state index is -3.66. The third-order valence-electron chi connectivity index (χ3n) is 6.11. The van der Waals surface area contributed by atoms with Gasteiger partial charge in [0.1, 0.15) is 0 Å². The lowest BCUT2D eigenvalue weighted by Gasteiger charge is -2.37. The minimum Gasteiger partial charge on any atom is -0.378 e. The SMILES string of the molecule is Cc1ccc(NS(=O)(=O)c2ccc3c(c2)[C@H]2C=CC[C@H]2[C@@H](c2ccccc2)N3)cc1. The molecule has 30 heavy (non-hydrogen) atoms. The number of aryl methyl sites for hydroxylation is 1. The van der Waals surface area contributed by atoms with Gasteiger partial charge >= 0.3 is 0 Å². The largest absolute Gasteiger partial charge is 0.378 e. The number of fused-ring (bicyclic) bond motifs is 3. The highest BCUT2D eigenvalue weighted by Crippen LogP contribution is 2.50. The smallest absolute Gasteiger partial charge is 0.261 e. The standard InChI is InChI=1S/C25H24N2O2S/c1-17-10-12-19(13-11-17)27-30(28,29)20-14-15-24-23(16-20)21-8-5-9-22(21)25(26-24)18-6-3-2-4-7-18/h2-8,10-16,21-22,25-27H,9H2,1H3/t21-,22+,25+/m0/s1. The van der Waals surface area contributed by atoms with E-state index in [9.17, 15) is 8.42 Å². The molecule has 1 aliphatic carbocycles. The number of nitrogens with one attached hydrogen (secondary N) is 2. The topological polar surface area (TPSA) is 58.2 Å². The molecule has 0 saturated heterocycles. The van der Waals surface area contributed by atoms with Crippen molar-refractivity contribution >= 4 is 21.4 Å². The van der Waals surface area contributed by atoms with Crippen molar-refractivity contribution in [3.05, 3.63) is 102 Å². The molecule has 0 spiro atoms. The van der Waals surface area contributed by atoms with Crippen molar-refractivity contribution < 1.29 is 8.42 Å². The van der Waals surface area contributed by atoms with Crippen LogP contribution in [0, 0.1) is 12.8 Å². The molecule has 5 rings (SSSR count). The number of rotatable bonds is 4. The minimum absolute atomic E-state index is 0.209. The van der Waals surface area contributed by atoms with E-state index in [1.807, 2.05) is 37.3 Å². The third-order valence-corrected chi connectivity index (χ3v) is 7.49. The Bertz CT molecular complexity index is 1200. The fourth-order valence-corrected chi connectivity index (χ4v) is 5.66. The number of anilines is 2. The van der Waals surface area contributed by atoms with E-state index in [1.165, 1.54) is 5.56 Å². The van der Waals surface area contributed by atoms with Crippen LogP contribution in [0.25, 0.3) is 0 Å². The summed E-state index contributed by atoms with van der Waals surface area (Å²) in [5.41, 5.74) is 4.97. The van der Waals surface area contributed by atoms with Crippen molar-refractivity contribution in [2.24, 2.45) is 5.92 Å². The zero-order valence-corrected chi connectivity index (χ0v) is 17.6. The van der Waals surface area contributed by atoms with Crippen LogP contribution in [-0.4, -0.2) is 8.42 Å². The maximum absolute atomic E-state index is 13.0. The third kappa shape index (κ3) is 3.39. The molecule has 0 radical (unpaired) electrons. The molecule has 4 nitrogen and oxygen atoms in total. The molecule has 2 N–H and O–H groups in total. The average Bonchev–Trinajstić information content (AvgIpc) is 3.25. The van der Waals surface area contributed by atoms with E-state index in [-0.39, 0.29) is 12.0 Å². The molecular weight excluding hydrogens is 392 g/mol. The fraction of sp³-hybridized carbons (Fsp3) is 0.200. The Kier molecular flexibility index (Phi) is 4.63. The summed E-state index contributed by atoms with van der Waals surface area (Å²) < 4.78 is 28.7. The summed E-state index contributed by atoms with van der Waals surface area (Å²) in [6.45, 7) is 1.98. The van der Waals surface area contributed by atoms with Gasteiger partial charge in [0, 0.05) is 17.3 Å². The number of hydrogen-bond donors (Lipinski definition) is 2. The zero-order valence-electron chi connectivity index (χ0n) is 16.7. The van der Waals surface area contributed by atoms with Gasteiger partial charge in [-0.25, -0.2) is 8.42 Å². The second-order valence-corrected chi connectivity index (χ2v) is 9.79. The molecule has 0 saturated carbocycles. The van der Waals surface area contributed by atoms with Crippen LogP contribution in [0.5, 0.6) is 0 Å². The van der Waals surface area contributed by atoms with E-state index >= 15 is 0 Å². The Morgan fingerprint density at radius 2 is 1.73 bits per heavy atom. The highest BCUT2D eigenvalue weighted by molar-refractivity contribution is 7.92. The van der Waals surface area contributed by atoms with Gasteiger partial charge in [0.25, 0.3) is 10.0 Å². The second kappa shape index (κ2) is 7.33. The number of allylic oxidation sites excluding steroid dienone is 2. The first-order valence-electron chi connectivity index (χ1n) is 10.2. The van der Waals surface area contributed by atoms with Crippen LogP contribution < -0.4 is 10.0 Å². The van der Waals surface area contributed by atoms with Gasteiger partial charge in [-0.3, -0.25) is 4.72 Å². The summed E-state index contributed by atoms with van der Waals surface area (Å²) in [5, 5.41) is 3.66. The summed E-state index contributed by atoms with van der Waals surface area (Å²) in [6.07, 6.45) is 5.42. The van der Waals surface area contributed by atoms with Crippen molar-refractivity contribution in [2.45, 2.75) is 30.2 Å². The first kappa shape index (κ1) is 18.9. The van der Waals surface area contributed by atoms with Crippen LogP contribution in [0.1, 0.15) is 35.1 Å². The van der Waals surface area contributed by atoms with Gasteiger partial charge in [0.05, 0.1) is 10.9 Å². The number of benzene rings is 3. The van der Waals surface area contributed by atoms with Crippen LogP contribution in [0.4, 0.5) is 11.4 Å². The van der Waals surface area contributed by atoms with Crippen LogP contribution >= 0.6 is 0 Å². The normalized spacial score (nSPS) is 22.1. The van der Waals surface area contributed by atoms with Crippen molar-refractivity contribution in [2.75, 3.05) is 10.0 Å². The maximum Gasteiger partial charge on any atom is 0.261 e. The average molecular weight is 417 g/mol. The molecule has 3 atom stereocenters. The summed E-state index contributed by atoms with van der Waals surface area (Å²) in [6, 6.07) is 23.5. The lowest BCUT2D eigenvalue weighted by molar-refractivity contribution is 0.425. The van der Waals surface area contributed by atoms with Gasteiger partial charge in [-0.1, -0.05) is 60.2 Å². The predicted octanol–water partition coefficient (Wildman–Crippen LogP) is 5.62. The van der Waals surface area contributed by atoms with Crippen LogP contribution in [-0.2, 0) is 10.0 Å². The Morgan fingerprint density at radius 3 is 2.50 bits per heavy atom. The molecule has 0 aromatic heterocycles. The molecule has 0 bridgehead atoms. The summed E-state index contributed by atoms with van der Waals surface area (Å²) >= 11 is 0. The molecule has 1 heterocycles. The predicted molar refractivity (Wildman–Crippen MR) is 121 cm³/mol. The van der Waals surface area contributed by atoms with Gasteiger partial charge in [-0.15, -0.1) is 0 Å². The van der Waals surface area contributed by atoms with E-state index in [2.05, 4.69) is 46.5 Å². The van der Waals surface area contributed by atoms with E-state index in [1.54, 1.807) is 18.2 Å². The Labute approximate surface area is 177 Å². The summed E-state index contributed by atoms with van der Waals surface area (Å²) in [4.78, 5) is 0.292. The fourth-order valence-electron chi connectivity index (χ4n) is 4.57. The molecule has 0 fully saturated rings. The zero-order chi connectivity index (χ0) is 20.7. The highest BCUT2D eigenvalue weighted by Gasteiger charge is 2.38. The summed E-state index contributed by atoms with van der Waals surface area (Å²) in [5.74, 6) is 0.587. The van der Waals surface area contributed by atoms with Crippen molar-refractivity contribution in [3.8, 4) is 0 Å². The molecular formula is C25H24N2O2S. The van der Waals surface area contributed by atoms with E-state index in [0.717, 1.165) is 23.2 Å². The van der Waals surface area contributed by atoms with Crippen molar-refractivity contribution in [1.29, 1.82) is 0 Å². The monoisotopic (exact) mass is 416 g/mol. The molecule has 5 heteroatoms. The molecule has 3 aromatic rings. The first-order chi connectivity index (χ1) is 14.5. The summed E-state index contributed by atoms with van der Waals surface area (Å²) in [7, 11) is -3.66. The van der Waals surface area contributed by atoms with E-state index < -0.39 is 10.0 Å². The van der Waals surface area contributed by atoms with Crippen molar-refractivity contribution in [3.63, 3.8) is 0 Å². The maximum atomic E-state index is 13.0. The van der Waals surface area contributed by atoms with E-state index in [0.29, 0.717) is 16.5 Å². The lowest BCUT2D eigenvalue weighted by atomic mass is 9.77. The molecule has 0 unspecified atom stereocenters. The van der Waals surface area contributed by atoms with Crippen LogP contribution in [0.3, 0.4) is 0 Å².